The molecule has 0 amide bonds. The summed E-state index contributed by atoms with van der Waals surface area (Å²) in [6.45, 7) is 2.03. The summed E-state index contributed by atoms with van der Waals surface area (Å²) >= 11 is 0. The normalized spacial score (nSPS) is 28.8. The molecule has 2 aromatic rings. The molecule has 0 aliphatic carbocycles. The Labute approximate surface area is 217 Å². The van der Waals surface area contributed by atoms with Gasteiger partial charge in [0.2, 0.25) is 0 Å². The Morgan fingerprint density at radius 2 is 1.97 bits per heavy atom. The lowest BCUT2D eigenvalue weighted by Crippen LogP contribution is -2.54. The van der Waals surface area contributed by atoms with Crippen molar-refractivity contribution in [1.29, 1.82) is 0 Å². The van der Waals surface area contributed by atoms with Crippen LogP contribution in [0.3, 0.4) is 0 Å². The van der Waals surface area contributed by atoms with Crippen molar-refractivity contribution < 1.29 is 43.2 Å². The average Bonchev–Trinajstić information content (AvgIpc) is 3.52. The summed E-state index contributed by atoms with van der Waals surface area (Å²) < 4.78 is 41.5. The number of hydrogen-bond donors (Lipinski definition) is 3. The molecule has 1 aromatic heterocycles. The minimum Gasteiger partial charge on any atom is -0.481 e. The Balaban J connectivity index is 1.44. The van der Waals surface area contributed by atoms with Gasteiger partial charge in [-0.15, -0.1) is 5.10 Å². The van der Waals surface area contributed by atoms with Crippen molar-refractivity contribution in [3.05, 3.63) is 35.5 Å². The molecular weight excluding hydrogens is 506 g/mol. The zero-order valence-electron chi connectivity index (χ0n) is 20.8. The Morgan fingerprint density at radius 1 is 1.21 bits per heavy atom. The lowest BCUT2D eigenvalue weighted by Gasteiger charge is -2.44. The first kappa shape index (κ1) is 26.6. The highest BCUT2D eigenvalue weighted by Crippen LogP contribution is 2.41. The first-order valence-electron chi connectivity index (χ1n) is 12.6. The standard InChI is InChI=1S/C25H30F2N4O7/c1-13-2-3-15(22(27)21(13)26)17-11-31(30-28-17)23-16(9-20(33)34)18(37-19(12-32)24(23)35)8-14-10-25(38-29-14)4-6-36-7-5-25/h2-3,11,16,18-19,23-24,32,35H,4-10,12H2,1H3,(H,33,34)/t16-,18+,19+,23-,24-/m0/s1. The van der Waals surface area contributed by atoms with Crippen LogP contribution in [0, 0.1) is 24.5 Å². The first-order valence-corrected chi connectivity index (χ1v) is 12.6. The van der Waals surface area contributed by atoms with E-state index in [-0.39, 0.29) is 29.7 Å². The summed E-state index contributed by atoms with van der Waals surface area (Å²) in [5, 5.41) is 43.0. The highest BCUT2D eigenvalue weighted by atomic mass is 19.2. The second-order valence-electron chi connectivity index (χ2n) is 10.2. The molecule has 0 bridgehead atoms. The zero-order chi connectivity index (χ0) is 27.0. The maximum Gasteiger partial charge on any atom is 0.303 e. The van der Waals surface area contributed by atoms with Gasteiger partial charge in [-0.05, 0) is 18.6 Å². The van der Waals surface area contributed by atoms with Gasteiger partial charge in [0.25, 0.3) is 0 Å². The van der Waals surface area contributed by atoms with Crippen LogP contribution in [-0.2, 0) is 19.1 Å². The largest absolute Gasteiger partial charge is 0.481 e. The third kappa shape index (κ3) is 5.03. The fourth-order valence-electron chi connectivity index (χ4n) is 5.60. The number of carbonyl (C=O) groups is 1. The molecule has 11 nitrogen and oxygen atoms in total. The molecular formula is C25H30F2N4O7. The van der Waals surface area contributed by atoms with Crippen LogP contribution in [-0.4, -0.2) is 85.7 Å². The van der Waals surface area contributed by atoms with Crippen LogP contribution < -0.4 is 0 Å². The van der Waals surface area contributed by atoms with Crippen molar-refractivity contribution in [1.82, 2.24) is 15.0 Å². The Hall–Kier alpha value is -3.00. The minimum atomic E-state index is -1.35. The van der Waals surface area contributed by atoms with E-state index in [9.17, 15) is 28.9 Å². The van der Waals surface area contributed by atoms with Crippen molar-refractivity contribution in [2.24, 2.45) is 11.1 Å². The van der Waals surface area contributed by atoms with Gasteiger partial charge in [0.1, 0.15) is 23.5 Å². The van der Waals surface area contributed by atoms with E-state index < -0.39 is 60.1 Å². The molecule has 5 rings (SSSR count). The van der Waals surface area contributed by atoms with Gasteiger partial charge in [-0.2, -0.15) is 0 Å². The highest BCUT2D eigenvalue weighted by molar-refractivity contribution is 5.86. The van der Waals surface area contributed by atoms with E-state index in [1.165, 1.54) is 29.9 Å². The highest BCUT2D eigenvalue weighted by Gasteiger charge is 2.49. The van der Waals surface area contributed by atoms with Gasteiger partial charge in [0.05, 0.1) is 50.3 Å². The van der Waals surface area contributed by atoms with Crippen LogP contribution in [0.1, 0.15) is 43.7 Å². The number of aliphatic carboxylic acids is 1. The average molecular weight is 537 g/mol. The van der Waals surface area contributed by atoms with Crippen LogP contribution in [0.15, 0.2) is 23.5 Å². The number of hydrogen-bond acceptors (Lipinski definition) is 9. The number of carboxylic acids is 1. The topological polar surface area (TPSA) is 149 Å². The third-order valence-electron chi connectivity index (χ3n) is 7.69. The predicted octanol–water partition coefficient (Wildman–Crippen LogP) is 2.00. The van der Waals surface area contributed by atoms with Gasteiger partial charge in [0, 0.05) is 37.2 Å². The molecule has 2 fully saturated rings. The lowest BCUT2D eigenvalue weighted by atomic mass is 9.79. The summed E-state index contributed by atoms with van der Waals surface area (Å²) in [6.07, 6.45) is -0.0751. The Morgan fingerprint density at radius 3 is 2.68 bits per heavy atom. The molecule has 3 N–H and O–H groups in total. The molecule has 3 aliphatic heterocycles. The smallest absolute Gasteiger partial charge is 0.303 e. The van der Waals surface area contributed by atoms with Crippen LogP contribution in [0.25, 0.3) is 11.3 Å². The molecule has 4 heterocycles. The monoisotopic (exact) mass is 536 g/mol. The number of aliphatic hydroxyl groups is 2. The maximum atomic E-state index is 14.6. The number of halogens is 2. The molecule has 1 aromatic carbocycles. The molecule has 0 saturated carbocycles. The van der Waals surface area contributed by atoms with Gasteiger partial charge in [0.15, 0.2) is 11.6 Å². The molecule has 0 radical (unpaired) electrons. The van der Waals surface area contributed by atoms with Gasteiger partial charge in [-0.3, -0.25) is 4.79 Å². The number of aromatic nitrogens is 3. The molecule has 206 valence electrons. The van der Waals surface area contributed by atoms with E-state index >= 15 is 0 Å². The molecule has 38 heavy (non-hydrogen) atoms. The van der Waals surface area contributed by atoms with E-state index in [0.29, 0.717) is 38.2 Å². The first-order chi connectivity index (χ1) is 18.2. The maximum absolute atomic E-state index is 14.6. The van der Waals surface area contributed by atoms with Gasteiger partial charge in [-0.1, -0.05) is 16.4 Å². The van der Waals surface area contributed by atoms with Crippen molar-refractivity contribution >= 4 is 11.7 Å². The van der Waals surface area contributed by atoms with Crippen molar-refractivity contribution in [2.45, 2.75) is 69.0 Å². The fraction of sp³-hybridized carbons (Fsp3) is 0.600. The number of nitrogens with zero attached hydrogens (tertiary/aromatic N) is 4. The quantitative estimate of drug-likeness (QED) is 0.483. The summed E-state index contributed by atoms with van der Waals surface area (Å²) in [6, 6.07) is 1.80. The van der Waals surface area contributed by atoms with Crippen molar-refractivity contribution in [2.75, 3.05) is 19.8 Å². The lowest BCUT2D eigenvalue weighted by molar-refractivity contribution is -0.186. The number of aryl methyl sites for hydroxylation is 1. The SMILES string of the molecule is Cc1ccc(-c2cn([C@@H]3[C@@H](O)[C@@H](CO)O[C@H](CC4=NOC5(CCOCC5)C4)[C@@H]3CC(=O)O)nn2)c(F)c1F. The summed E-state index contributed by atoms with van der Waals surface area (Å²) in [4.78, 5) is 17.6. The molecule has 0 unspecified atom stereocenters. The Kier molecular flexibility index (Phi) is 7.45. The summed E-state index contributed by atoms with van der Waals surface area (Å²) in [5.41, 5.74) is 0.269. The van der Waals surface area contributed by atoms with E-state index in [2.05, 4.69) is 15.5 Å². The van der Waals surface area contributed by atoms with Crippen molar-refractivity contribution in [3.63, 3.8) is 0 Å². The number of aliphatic hydroxyl groups excluding tert-OH is 2. The van der Waals surface area contributed by atoms with E-state index in [1.54, 1.807) is 0 Å². The molecule has 2 saturated heterocycles. The fourth-order valence-corrected chi connectivity index (χ4v) is 5.60. The third-order valence-corrected chi connectivity index (χ3v) is 7.69. The van der Waals surface area contributed by atoms with Crippen molar-refractivity contribution in [3.8, 4) is 11.3 Å². The van der Waals surface area contributed by atoms with Crippen LogP contribution in [0.5, 0.6) is 0 Å². The van der Waals surface area contributed by atoms with E-state index in [4.69, 9.17) is 14.3 Å². The number of carboxylic acid groups (broad SMARTS) is 1. The predicted molar refractivity (Wildman–Crippen MR) is 127 cm³/mol. The number of rotatable bonds is 7. The minimum absolute atomic E-state index is 0.0151. The Bertz CT molecular complexity index is 1220. The molecule has 5 atom stereocenters. The van der Waals surface area contributed by atoms with E-state index in [1.807, 2.05) is 0 Å². The van der Waals surface area contributed by atoms with Crippen LogP contribution in [0.2, 0.25) is 0 Å². The molecule has 3 aliphatic rings. The van der Waals surface area contributed by atoms with Crippen LogP contribution >= 0.6 is 0 Å². The second-order valence-corrected chi connectivity index (χ2v) is 10.2. The van der Waals surface area contributed by atoms with Crippen LogP contribution in [0.4, 0.5) is 8.78 Å². The summed E-state index contributed by atoms with van der Waals surface area (Å²) in [7, 11) is 0. The number of ether oxygens (including phenoxy) is 2. The number of benzene rings is 1. The van der Waals surface area contributed by atoms with Gasteiger partial charge < -0.3 is 29.6 Å². The van der Waals surface area contributed by atoms with E-state index in [0.717, 1.165) is 0 Å². The molecule has 13 heteroatoms. The number of oxime groups is 1. The summed E-state index contributed by atoms with van der Waals surface area (Å²) in [5.74, 6) is -4.03. The molecule has 1 spiro atoms. The zero-order valence-corrected chi connectivity index (χ0v) is 20.8. The van der Waals surface area contributed by atoms with Gasteiger partial charge >= 0.3 is 5.97 Å². The van der Waals surface area contributed by atoms with Gasteiger partial charge in [-0.25, -0.2) is 13.5 Å². The second kappa shape index (κ2) is 10.6.